The third kappa shape index (κ3) is 1.61. The van der Waals surface area contributed by atoms with Crippen molar-refractivity contribution >= 4 is 24.6 Å². The van der Waals surface area contributed by atoms with Gasteiger partial charge < -0.3 is 4.90 Å². The summed E-state index contributed by atoms with van der Waals surface area (Å²) in [5.74, 6) is 0.201. The number of rotatable bonds is 1. The first-order chi connectivity index (χ1) is 6.30. The van der Waals surface area contributed by atoms with Crippen LogP contribution >= 0.6 is 12.6 Å². The van der Waals surface area contributed by atoms with Crippen LogP contribution in [-0.2, 0) is 4.79 Å². The molecule has 0 aromatic carbocycles. The molecule has 1 rings (SSSR count). The average molecular weight is 216 g/mol. The molecule has 1 unspecified atom stereocenters. The summed E-state index contributed by atoms with van der Waals surface area (Å²) in [6.07, 6.45) is 0. The first kappa shape index (κ1) is 11.4. The second kappa shape index (κ2) is 3.46. The smallest absolute Gasteiger partial charge is 0.307 e. The van der Waals surface area contributed by atoms with E-state index in [9.17, 15) is 9.59 Å². The van der Waals surface area contributed by atoms with E-state index in [4.69, 9.17) is 0 Å². The fraction of sp³-hybridized carbons (Fsp3) is 0.778. The van der Waals surface area contributed by atoms with Gasteiger partial charge >= 0.3 is 6.03 Å². The van der Waals surface area contributed by atoms with Crippen molar-refractivity contribution in [3.8, 4) is 0 Å². The average Bonchev–Trinajstić information content (AvgIpc) is 2.28. The monoisotopic (exact) mass is 216 g/mol. The summed E-state index contributed by atoms with van der Waals surface area (Å²) in [4.78, 5) is 26.1. The molecule has 0 spiro atoms. The van der Waals surface area contributed by atoms with Gasteiger partial charge in [0.05, 0.1) is 0 Å². The van der Waals surface area contributed by atoms with Gasteiger partial charge in [0.1, 0.15) is 6.04 Å². The Labute approximate surface area is 89.7 Å². The molecule has 0 radical (unpaired) electrons. The standard InChI is InChI=1S/C9H16N2O2S/c1-9(2,3)11-6(5-14)7(12)10(4)8(11)13/h6,14H,5H2,1-4H3. The zero-order valence-electron chi connectivity index (χ0n) is 8.94. The number of hydrogen-bond acceptors (Lipinski definition) is 3. The molecule has 1 fully saturated rings. The van der Waals surface area contributed by atoms with Crippen LogP contribution in [0.5, 0.6) is 0 Å². The number of hydrogen-bond donors (Lipinski definition) is 1. The molecule has 3 amide bonds. The van der Waals surface area contributed by atoms with Gasteiger partial charge in [0.25, 0.3) is 5.91 Å². The summed E-state index contributed by atoms with van der Waals surface area (Å²) < 4.78 is 0. The fourth-order valence-corrected chi connectivity index (χ4v) is 1.96. The largest absolute Gasteiger partial charge is 0.327 e. The Hall–Kier alpha value is -0.710. The van der Waals surface area contributed by atoms with Gasteiger partial charge in [-0.25, -0.2) is 4.79 Å². The molecule has 1 heterocycles. The third-order valence-electron chi connectivity index (χ3n) is 2.32. The van der Waals surface area contributed by atoms with E-state index in [-0.39, 0.29) is 17.5 Å². The third-order valence-corrected chi connectivity index (χ3v) is 2.66. The first-order valence-electron chi connectivity index (χ1n) is 4.52. The fourth-order valence-electron chi connectivity index (χ4n) is 1.64. The lowest BCUT2D eigenvalue weighted by molar-refractivity contribution is -0.127. The summed E-state index contributed by atoms with van der Waals surface area (Å²) in [6, 6.07) is -0.655. The van der Waals surface area contributed by atoms with Gasteiger partial charge in [0.2, 0.25) is 0 Å². The van der Waals surface area contributed by atoms with Crippen LogP contribution in [0.15, 0.2) is 0 Å². The molecule has 1 aliphatic heterocycles. The van der Waals surface area contributed by atoms with Gasteiger partial charge in [-0.3, -0.25) is 9.69 Å². The number of nitrogens with zero attached hydrogens (tertiary/aromatic N) is 2. The molecular formula is C9H16N2O2S. The summed E-state index contributed by atoms with van der Waals surface area (Å²) in [6.45, 7) is 5.73. The van der Waals surface area contributed by atoms with Gasteiger partial charge in [-0.2, -0.15) is 12.6 Å². The number of thiol groups is 1. The van der Waals surface area contributed by atoms with Crippen LogP contribution in [0.25, 0.3) is 0 Å². The highest BCUT2D eigenvalue weighted by molar-refractivity contribution is 7.80. The molecule has 0 N–H and O–H groups in total. The minimum atomic E-state index is -0.421. The Bertz CT molecular complexity index is 272. The molecule has 0 aromatic rings. The summed E-state index contributed by atoms with van der Waals surface area (Å²) in [7, 11) is 1.51. The van der Waals surface area contributed by atoms with E-state index in [0.717, 1.165) is 4.90 Å². The van der Waals surface area contributed by atoms with Crippen LogP contribution in [0, 0.1) is 0 Å². The molecule has 1 saturated heterocycles. The minimum Gasteiger partial charge on any atom is -0.307 e. The molecule has 0 aromatic heterocycles. The maximum Gasteiger partial charge on any atom is 0.327 e. The summed E-state index contributed by atoms with van der Waals surface area (Å²) >= 11 is 4.11. The summed E-state index contributed by atoms with van der Waals surface area (Å²) in [5.41, 5.74) is -0.342. The molecule has 1 aliphatic rings. The van der Waals surface area contributed by atoms with E-state index in [1.54, 1.807) is 4.90 Å². The van der Waals surface area contributed by atoms with Crippen molar-refractivity contribution < 1.29 is 9.59 Å². The molecule has 0 saturated carbocycles. The Morgan fingerprint density at radius 2 is 1.86 bits per heavy atom. The quantitative estimate of drug-likeness (QED) is 0.524. The van der Waals surface area contributed by atoms with Gasteiger partial charge in [0, 0.05) is 18.3 Å². The maximum atomic E-state index is 11.7. The van der Waals surface area contributed by atoms with Crippen LogP contribution < -0.4 is 0 Å². The molecule has 0 bridgehead atoms. The zero-order chi connectivity index (χ0) is 11.1. The lowest BCUT2D eigenvalue weighted by atomic mass is 10.1. The van der Waals surface area contributed by atoms with Crippen LogP contribution in [-0.4, -0.2) is 46.1 Å². The van der Waals surface area contributed by atoms with Crippen molar-refractivity contribution in [3.05, 3.63) is 0 Å². The number of imide groups is 1. The minimum absolute atomic E-state index is 0.167. The van der Waals surface area contributed by atoms with E-state index in [1.807, 2.05) is 20.8 Å². The number of carbonyl (C=O) groups is 2. The van der Waals surface area contributed by atoms with Crippen LogP contribution in [0.3, 0.4) is 0 Å². The first-order valence-corrected chi connectivity index (χ1v) is 5.15. The molecule has 0 aliphatic carbocycles. The number of likely N-dealkylation sites (N-methyl/N-ethyl adjacent to an activating group) is 1. The van der Waals surface area contributed by atoms with Crippen LogP contribution in [0.1, 0.15) is 20.8 Å². The van der Waals surface area contributed by atoms with E-state index in [2.05, 4.69) is 12.6 Å². The molecule has 1 atom stereocenters. The van der Waals surface area contributed by atoms with E-state index >= 15 is 0 Å². The van der Waals surface area contributed by atoms with E-state index in [0.29, 0.717) is 5.75 Å². The Balaban J connectivity index is 3.05. The van der Waals surface area contributed by atoms with E-state index in [1.165, 1.54) is 7.05 Å². The number of urea groups is 1. The summed E-state index contributed by atoms with van der Waals surface area (Å²) in [5, 5.41) is 0. The second-order valence-electron chi connectivity index (χ2n) is 4.42. The molecule has 5 heteroatoms. The second-order valence-corrected chi connectivity index (χ2v) is 4.78. The normalized spacial score (nSPS) is 23.6. The van der Waals surface area contributed by atoms with Crippen molar-refractivity contribution in [2.24, 2.45) is 0 Å². The Morgan fingerprint density at radius 1 is 1.36 bits per heavy atom. The number of amides is 3. The van der Waals surface area contributed by atoms with Crippen molar-refractivity contribution in [1.29, 1.82) is 0 Å². The van der Waals surface area contributed by atoms with Crippen LogP contribution in [0.2, 0.25) is 0 Å². The highest BCUT2D eigenvalue weighted by Crippen LogP contribution is 2.26. The van der Waals surface area contributed by atoms with Gasteiger partial charge in [-0.1, -0.05) is 0 Å². The maximum absolute atomic E-state index is 11.7. The predicted octanol–water partition coefficient (Wildman–Crippen LogP) is 0.977. The van der Waals surface area contributed by atoms with Crippen molar-refractivity contribution in [3.63, 3.8) is 0 Å². The van der Waals surface area contributed by atoms with E-state index < -0.39 is 6.04 Å². The van der Waals surface area contributed by atoms with Gasteiger partial charge in [0.15, 0.2) is 0 Å². The van der Waals surface area contributed by atoms with Gasteiger partial charge in [-0.15, -0.1) is 0 Å². The van der Waals surface area contributed by atoms with Gasteiger partial charge in [-0.05, 0) is 20.8 Å². The molecule has 4 nitrogen and oxygen atoms in total. The SMILES string of the molecule is CN1C(=O)C(CS)N(C(C)(C)C)C1=O. The Kier molecular flexibility index (Phi) is 2.81. The predicted molar refractivity (Wildman–Crippen MR) is 57.4 cm³/mol. The topological polar surface area (TPSA) is 40.6 Å². The highest BCUT2D eigenvalue weighted by atomic mass is 32.1. The highest BCUT2D eigenvalue weighted by Gasteiger charge is 2.46. The Morgan fingerprint density at radius 3 is 2.14 bits per heavy atom. The zero-order valence-corrected chi connectivity index (χ0v) is 9.84. The van der Waals surface area contributed by atoms with Crippen molar-refractivity contribution in [1.82, 2.24) is 9.80 Å². The molecular weight excluding hydrogens is 200 g/mol. The lowest BCUT2D eigenvalue weighted by Gasteiger charge is -2.34. The lowest BCUT2D eigenvalue weighted by Crippen LogP contribution is -2.49. The van der Waals surface area contributed by atoms with Crippen LogP contribution in [0.4, 0.5) is 4.79 Å². The molecule has 80 valence electrons. The number of carbonyl (C=O) groups excluding carboxylic acids is 2. The van der Waals surface area contributed by atoms with Crippen molar-refractivity contribution in [2.75, 3.05) is 12.8 Å². The molecule has 14 heavy (non-hydrogen) atoms. The van der Waals surface area contributed by atoms with Crippen molar-refractivity contribution in [2.45, 2.75) is 32.4 Å².